The van der Waals surface area contributed by atoms with Gasteiger partial charge in [-0.15, -0.1) is 0 Å². The summed E-state index contributed by atoms with van der Waals surface area (Å²) in [5, 5.41) is 13.5. The number of ether oxygens (including phenoxy) is 1. The fraction of sp³-hybridized carbons (Fsp3) is 0.273. The molecule has 0 atom stereocenters. The van der Waals surface area contributed by atoms with Crippen molar-refractivity contribution in [1.82, 2.24) is 5.32 Å². The lowest BCUT2D eigenvalue weighted by Crippen LogP contribution is -2.32. The molecule has 0 aliphatic rings. The Hall–Kier alpha value is -1.35. The van der Waals surface area contributed by atoms with Crippen molar-refractivity contribution < 1.29 is 19.4 Å². The van der Waals surface area contributed by atoms with E-state index in [1.54, 1.807) is 6.07 Å². The fourth-order valence-electron chi connectivity index (χ4n) is 1.14. The number of hydrogen-bond acceptors (Lipinski definition) is 3. The number of carboxylic acids is 1. The molecule has 0 heterocycles. The second kappa shape index (κ2) is 7.88. The quantitative estimate of drug-likeness (QED) is 0.528. The van der Waals surface area contributed by atoms with Gasteiger partial charge in [0.15, 0.2) is 0 Å². The number of urea groups is 1. The molecule has 6 nitrogen and oxygen atoms in total. The second-order valence-electron chi connectivity index (χ2n) is 3.34. The standard InChI is InChI=1S/C11H13IN2O4/c12-8-2-1-3-9(6-8)14-11(17)13-4-5-18-7-10(15)16/h1-3,6H,4-5,7H2,(H,15,16)(H2,13,14,17). The number of carbonyl (C=O) groups excluding carboxylic acids is 1. The van der Waals surface area contributed by atoms with Crippen molar-refractivity contribution in [2.45, 2.75) is 0 Å². The highest BCUT2D eigenvalue weighted by atomic mass is 127. The maximum Gasteiger partial charge on any atom is 0.329 e. The van der Waals surface area contributed by atoms with Crippen LogP contribution in [0.25, 0.3) is 0 Å². The fourth-order valence-corrected chi connectivity index (χ4v) is 1.68. The Morgan fingerprint density at radius 3 is 2.83 bits per heavy atom. The van der Waals surface area contributed by atoms with Gasteiger partial charge in [-0.3, -0.25) is 0 Å². The maximum absolute atomic E-state index is 11.4. The molecular formula is C11H13IN2O4. The number of carboxylic acid groups (broad SMARTS) is 1. The van der Waals surface area contributed by atoms with Gasteiger partial charge in [0.05, 0.1) is 6.61 Å². The predicted octanol–water partition coefficient (Wildman–Crippen LogP) is 1.51. The summed E-state index contributed by atoms with van der Waals surface area (Å²) in [6, 6.07) is 7.02. The monoisotopic (exact) mass is 364 g/mol. The highest BCUT2D eigenvalue weighted by Gasteiger charge is 2.01. The van der Waals surface area contributed by atoms with Gasteiger partial charge in [0, 0.05) is 15.8 Å². The van der Waals surface area contributed by atoms with Crippen molar-refractivity contribution in [3.63, 3.8) is 0 Å². The molecule has 0 aromatic heterocycles. The smallest absolute Gasteiger partial charge is 0.329 e. The molecule has 7 heteroatoms. The molecule has 0 saturated carbocycles. The van der Waals surface area contributed by atoms with E-state index < -0.39 is 5.97 Å². The molecule has 18 heavy (non-hydrogen) atoms. The number of anilines is 1. The van der Waals surface area contributed by atoms with E-state index in [9.17, 15) is 9.59 Å². The summed E-state index contributed by atoms with van der Waals surface area (Å²) in [5.41, 5.74) is 0.700. The van der Waals surface area contributed by atoms with Crippen LogP contribution < -0.4 is 10.6 Å². The number of halogens is 1. The predicted molar refractivity (Wildman–Crippen MR) is 74.6 cm³/mol. The molecule has 1 rings (SSSR count). The van der Waals surface area contributed by atoms with Crippen molar-refractivity contribution in [3.05, 3.63) is 27.8 Å². The van der Waals surface area contributed by atoms with Crippen LogP contribution in [0, 0.1) is 3.57 Å². The Balaban J connectivity index is 2.20. The highest BCUT2D eigenvalue weighted by molar-refractivity contribution is 14.1. The van der Waals surface area contributed by atoms with E-state index in [2.05, 4.69) is 33.2 Å². The SMILES string of the molecule is O=C(O)COCCNC(=O)Nc1cccc(I)c1. The molecule has 98 valence electrons. The third kappa shape index (κ3) is 6.40. The van der Waals surface area contributed by atoms with Crippen molar-refractivity contribution >= 4 is 40.3 Å². The minimum absolute atomic E-state index is 0.159. The van der Waals surface area contributed by atoms with E-state index in [1.807, 2.05) is 18.2 Å². The summed E-state index contributed by atoms with van der Waals surface area (Å²) in [6.07, 6.45) is 0. The third-order valence-electron chi connectivity index (χ3n) is 1.84. The van der Waals surface area contributed by atoms with Gasteiger partial charge in [-0.2, -0.15) is 0 Å². The number of benzene rings is 1. The normalized spacial score (nSPS) is 9.83. The van der Waals surface area contributed by atoms with E-state index in [0.29, 0.717) is 5.69 Å². The summed E-state index contributed by atoms with van der Waals surface area (Å²) in [6.45, 7) is 0.0509. The number of aliphatic carboxylic acids is 1. The van der Waals surface area contributed by atoms with Gasteiger partial charge >= 0.3 is 12.0 Å². The molecule has 0 radical (unpaired) electrons. The largest absolute Gasteiger partial charge is 0.480 e. The Kier molecular flexibility index (Phi) is 6.44. The van der Waals surface area contributed by atoms with Crippen LogP contribution in [0.4, 0.5) is 10.5 Å². The molecule has 0 aliphatic carbocycles. The Bertz CT molecular complexity index is 425. The third-order valence-corrected chi connectivity index (χ3v) is 2.51. The Labute approximate surface area is 118 Å². The Morgan fingerprint density at radius 2 is 2.17 bits per heavy atom. The topological polar surface area (TPSA) is 87.7 Å². The zero-order valence-electron chi connectivity index (χ0n) is 9.48. The molecule has 1 aromatic carbocycles. The summed E-state index contributed by atoms with van der Waals surface area (Å²) in [4.78, 5) is 21.6. The average Bonchev–Trinajstić information content (AvgIpc) is 2.28. The minimum Gasteiger partial charge on any atom is -0.480 e. The van der Waals surface area contributed by atoms with Crippen molar-refractivity contribution in [2.75, 3.05) is 25.1 Å². The van der Waals surface area contributed by atoms with Gasteiger partial charge in [-0.05, 0) is 40.8 Å². The van der Waals surface area contributed by atoms with Gasteiger partial charge in [0.2, 0.25) is 0 Å². The molecule has 0 spiro atoms. The summed E-state index contributed by atoms with van der Waals surface area (Å²) in [7, 11) is 0. The molecule has 0 unspecified atom stereocenters. The first-order valence-corrected chi connectivity index (χ1v) is 6.26. The van der Waals surface area contributed by atoms with E-state index >= 15 is 0 Å². The van der Waals surface area contributed by atoms with Crippen LogP contribution in [0.5, 0.6) is 0 Å². The number of rotatable bonds is 6. The minimum atomic E-state index is -1.03. The second-order valence-corrected chi connectivity index (χ2v) is 4.58. The van der Waals surface area contributed by atoms with Gasteiger partial charge < -0.3 is 20.5 Å². The van der Waals surface area contributed by atoms with Gasteiger partial charge in [0.1, 0.15) is 6.61 Å². The van der Waals surface area contributed by atoms with Crippen LogP contribution in [0.2, 0.25) is 0 Å². The van der Waals surface area contributed by atoms with Crippen LogP contribution in [-0.2, 0) is 9.53 Å². The van der Waals surface area contributed by atoms with Crippen molar-refractivity contribution in [2.24, 2.45) is 0 Å². The highest BCUT2D eigenvalue weighted by Crippen LogP contribution is 2.11. The Morgan fingerprint density at radius 1 is 1.39 bits per heavy atom. The van der Waals surface area contributed by atoms with Gasteiger partial charge in [-0.25, -0.2) is 9.59 Å². The van der Waals surface area contributed by atoms with Crippen LogP contribution in [0.3, 0.4) is 0 Å². The first kappa shape index (κ1) is 14.7. The van der Waals surface area contributed by atoms with Crippen LogP contribution in [0.1, 0.15) is 0 Å². The average molecular weight is 364 g/mol. The number of hydrogen-bond donors (Lipinski definition) is 3. The number of amides is 2. The van der Waals surface area contributed by atoms with Crippen LogP contribution in [0.15, 0.2) is 24.3 Å². The summed E-state index contributed by atoms with van der Waals surface area (Å²) < 4.78 is 5.79. The lowest BCUT2D eigenvalue weighted by atomic mass is 10.3. The van der Waals surface area contributed by atoms with Gasteiger partial charge in [-0.1, -0.05) is 6.07 Å². The van der Waals surface area contributed by atoms with E-state index in [1.165, 1.54) is 0 Å². The van der Waals surface area contributed by atoms with E-state index in [0.717, 1.165) is 3.57 Å². The van der Waals surface area contributed by atoms with E-state index in [4.69, 9.17) is 9.84 Å². The zero-order valence-corrected chi connectivity index (χ0v) is 11.6. The molecule has 1 aromatic rings. The summed E-state index contributed by atoms with van der Waals surface area (Å²) >= 11 is 2.15. The summed E-state index contributed by atoms with van der Waals surface area (Å²) in [5.74, 6) is -1.03. The first-order valence-electron chi connectivity index (χ1n) is 5.18. The zero-order chi connectivity index (χ0) is 13.4. The first-order chi connectivity index (χ1) is 8.58. The number of carbonyl (C=O) groups is 2. The van der Waals surface area contributed by atoms with E-state index in [-0.39, 0.29) is 25.8 Å². The lowest BCUT2D eigenvalue weighted by molar-refractivity contribution is -0.142. The number of nitrogens with one attached hydrogen (secondary N) is 2. The molecule has 0 aliphatic heterocycles. The van der Waals surface area contributed by atoms with Crippen LogP contribution >= 0.6 is 22.6 Å². The maximum atomic E-state index is 11.4. The molecular weight excluding hydrogens is 351 g/mol. The van der Waals surface area contributed by atoms with Crippen molar-refractivity contribution in [1.29, 1.82) is 0 Å². The van der Waals surface area contributed by atoms with Gasteiger partial charge in [0.25, 0.3) is 0 Å². The van der Waals surface area contributed by atoms with Crippen LogP contribution in [-0.4, -0.2) is 36.9 Å². The van der Waals surface area contributed by atoms with Crippen molar-refractivity contribution in [3.8, 4) is 0 Å². The molecule has 0 bridgehead atoms. The molecule has 0 saturated heterocycles. The lowest BCUT2D eigenvalue weighted by Gasteiger charge is -2.07. The molecule has 3 N–H and O–H groups in total. The molecule has 2 amide bonds. The molecule has 0 fully saturated rings.